The van der Waals surface area contributed by atoms with E-state index in [0.29, 0.717) is 17.4 Å². The SMILES string of the molecule is CC(C)c1cccc(OCC(=O)NC(C)c2ccc3c(c2)OCO3)c1. The van der Waals surface area contributed by atoms with Gasteiger partial charge in [0.2, 0.25) is 6.79 Å². The van der Waals surface area contributed by atoms with Crippen LogP contribution in [-0.2, 0) is 4.79 Å². The summed E-state index contributed by atoms with van der Waals surface area (Å²) in [6, 6.07) is 13.4. The molecule has 0 fully saturated rings. The maximum atomic E-state index is 12.2. The van der Waals surface area contributed by atoms with E-state index < -0.39 is 0 Å². The number of nitrogens with one attached hydrogen (secondary N) is 1. The third-order valence-electron chi connectivity index (χ3n) is 4.17. The van der Waals surface area contributed by atoms with Gasteiger partial charge < -0.3 is 19.5 Å². The van der Waals surface area contributed by atoms with E-state index in [1.807, 2.05) is 43.3 Å². The van der Waals surface area contributed by atoms with Gasteiger partial charge in [-0.05, 0) is 48.2 Å². The molecule has 2 aromatic carbocycles. The number of hydrogen-bond donors (Lipinski definition) is 1. The van der Waals surface area contributed by atoms with Gasteiger partial charge in [-0.15, -0.1) is 0 Å². The Morgan fingerprint density at radius 2 is 1.88 bits per heavy atom. The van der Waals surface area contributed by atoms with E-state index in [2.05, 4.69) is 25.2 Å². The Kier molecular flexibility index (Phi) is 5.12. The summed E-state index contributed by atoms with van der Waals surface area (Å²) in [7, 11) is 0. The van der Waals surface area contributed by atoms with E-state index in [9.17, 15) is 4.79 Å². The topological polar surface area (TPSA) is 56.8 Å². The van der Waals surface area contributed by atoms with Gasteiger partial charge in [0.15, 0.2) is 18.1 Å². The molecule has 0 aromatic heterocycles. The molecule has 0 aliphatic carbocycles. The van der Waals surface area contributed by atoms with E-state index >= 15 is 0 Å². The molecule has 1 heterocycles. The highest BCUT2D eigenvalue weighted by molar-refractivity contribution is 5.78. The highest BCUT2D eigenvalue weighted by Gasteiger charge is 2.17. The van der Waals surface area contributed by atoms with E-state index in [-0.39, 0.29) is 25.3 Å². The third kappa shape index (κ3) is 4.24. The summed E-state index contributed by atoms with van der Waals surface area (Å²) in [5, 5.41) is 2.93. The molecule has 0 spiro atoms. The quantitative estimate of drug-likeness (QED) is 0.868. The van der Waals surface area contributed by atoms with Gasteiger partial charge in [-0.3, -0.25) is 4.79 Å². The van der Waals surface area contributed by atoms with E-state index in [0.717, 1.165) is 11.3 Å². The fourth-order valence-electron chi connectivity index (χ4n) is 2.66. The van der Waals surface area contributed by atoms with Crippen molar-refractivity contribution < 1.29 is 19.0 Å². The Hall–Kier alpha value is -2.69. The molecule has 132 valence electrons. The zero-order valence-corrected chi connectivity index (χ0v) is 14.7. The molecular formula is C20H23NO4. The second-order valence-electron chi connectivity index (χ2n) is 6.42. The summed E-state index contributed by atoms with van der Waals surface area (Å²) in [6.45, 7) is 6.39. The lowest BCUT2D eigenvalue weighted by atomic mass is 10.0. The Morgan fingerprint density at radius 3 is 2.68 bits per heavy atom. The molecule has 3 rings (SSSR count). The molecule has 2 aromatic rings. The average molecular weight is 341 g/mol. The second-order valence-corrected chi connectivity index (χ2v) is 6.42. The summed E-state index contributed by atoms with van der Waals surface area (Å²) in [4.78, 5) is 12.2. The molecule has 1 atom stereocenters. The van der Waals surface area contributed by atoms with Crippen LogP contribution in [0.3, 0.4) is 0 Å². The molecule has 0 radical (unpaired) electrons. The van der Waals surface area contributed by atoms with Crippen molar-refractivity contribution in [1.82, 2.24) is 5.32 Å². The number of carbonyl (C=O) groups excluding carboxylic acids is 1. The number of fused-ring (bicyclic) bond motifs is 1. The van der Waals surface area contributed by atoms with Gasteiger partial charge in [-0.1, -0.05) is 32.0 Å². The molecule has 1 unspecified atom stereocenters. The number of amides is 1. The lowest BCUT2D eigenvalue weighted by molar-refractivity contribution is -0.123. The second kappa shape index (κ2) is 7.47. The van der Waals surface area contributed by atoms with Crippen LogP contribution in [0, 0.1) is 0 Å². The first-order valence-electron chi connectivity index (χ1n) is 8.44. The Balaban J connectivity index is 1.54. The van der Waals surface area contributed by atoms with Crippen LogP contribution >= 0.6 is 0 Å². The predicted octanol–water partition coefficient (Wildman–Crippen LogP) is 3.79. The summed E-state index contributed by atoms with van der Waals surface area (Å²) in [5.41, 5.74) is 2.14. The zero-order valence-electron chi connectivity index (χ0n) is 14.7. The summed E-state index contributed by atoms with van der Waals surface area (Å²) >= 11 is 0. The number of benzene rings is 2. The molecular weight excluding hydrogens is 318 g/mol. The van der Waals surface area contributed by atoms with Gasteiger partial charge in [0, 0.05) is 0 Å². The first-order valence-corrected chi connectivity index (χ1v) is 8.44. The largest absolute Gasteiger partial charge is 0.484 e. The minimum absolute atomic E-state index is 0.0174. The Labute approximate surface area is 147 Å². The fraction of sp³-hybridized carbons (Fsp3) is 0.350. The molecule has 1 aliphatic rings. The molecule has 1 N–H and O–H groups in total. The summed E-state index contributed by atoms with van der Waals surface area (Å²) in [6.07, 6.45) is 0. The monoisotopic (exact) mass is 341 g/mol. The van der Waals surface area contributed by atoms with Gasteiger partial charge in [0.25, 0.3) is 5.91 Å². The minimum Gasteiger partial charge on any atom is -0.484 e. The maximum absolute atomic E-state index is 12.2. The average Bonchev–Trinajstić information content (AvgIpc) is 3.07. The molecule has 5 heteroatoms. The molecule has 5 nitrogen and oxygen atoms in total. The maximum Gasteiger partial charge on any atom is 0.258 e. The standard InChI is InChI=1S/C20H23NO4/c1-13(2)15-5-4-6-17(9-15)23-11-20(22)21-14(3)16-7-8-18-19(10-16)25-12-24-18/h4-10,13-14H,11-12H2,1-3H3,(H,21,22). The van der Waals surface area contributed by atoms with Crippen molar-refractivity contribution >= 4 is 5.91 Å². The van der Waals surface area contributed by atoms with Crippen molar-refractivity contribution in [2.24, 2.45) is 0 Å². The van der Waals surface area contributed by atoms with Gasteiger partial charge >= 0.3 is 0 Å². The van der Waals surface area contributed by atoms with Gasteiger partial charge in [-0.25, -0.2) is 0 Å². The Morgan fingerprint density at radius 1 is 1.08 bits per heavy atom. The van der Waals surface area contributed by atoms with Crippen molar-refractivity contribution in [3.05, 3.63) is 53.6 Å². The molecule has 0 bridgehead atoms. The van der Waals surface area contributed by atoms with Crippen LogP contribution in [0.25, 0.3) is 0 Å². The normalized spacial score (nSPS) is 13.6. The molecule has 0 saturated carbocycles. The molecule has 1 amide bonds. The first-order chi connectivity index (χ1) is 12.0. The number of rotatable bonds is 6. The van der Waals surface area contributed by atoms with Crippen LogP contribution in [0.4, 0.5) is 0 Å². The fourth-order valence-corrected chi connectivity index (χ4v) is 2.66. The van der Waals surface area contributed by atoms with Crippen LogP contribution in [0.5, 0.6) is 17.2 Å². The van der Waals surface area contributed by atoms with Crippen molar-refractivity contribution in [2.75, 3.05) is 13.4 Å². The van der Waals surface area contributed by atoms with E-state index in [1.165, 1.54) is 5.56 Å². The van der Waals surface area contributed by atoms with Crippen LogP contribution < -0.4 is 19.5 Å². The van der Waals surface area contributed by atoms with Gasteiger partial charge in [0.05, 0.1) is 6.04 Å². The number of ether oxygens (including phenoxy) is 3. The molecule has 0 saturated heterocycles. The van der Waals surface area contributed by atoms with Crippen LogP contribution in [0.2, 0.25) is 0 Å². The smallest absolute Gasteiger partial charge is 0.258 e. The highest BCUT2D eigenvalue weighted by atomic mass is 16.7. The molecule has 1 aliphatic heterocycles. The third-order valence-corrected chi connectivity index (χ3v) is 4.17. The minimum atomic E-state index is -0.167. The first kappa shape index (κ1) is 17.1. The van der Waals surface area contributed by atoms with Gasteiger partial charge in [0.1, 0.15) is 5.75 Å². The van der Waals surface area contributed by atoms with Gasteiger partial charge in [-0.2, -0.15) is 0 Å². The Bertz CT molecular complexity index is 757. The van der Waals surface area contributed by atoms with E-state index in [1.54, 1.807) is 0 Å². The number of carbonyl (C=O) groups is 1. The molecule has 25 heavy (non-hydrogen) atoms. The number of hydrogen-bond acceptors (Lipinski definition) is 4. The van der Waals surface area contributed by atoms with Crippen LogP contribution in [0.1, 0.15) is 43.9 Å². The zero-order chi connectivity index (χ0) is 17.8. The van der Waals surface area contributed by atoms with E-state index in [4.69, 9.17) is 14.2 Å². The van der Waals surface area contributed by atoms with Crippen molar-refractivity contribution in [2.45, 2.75) is 32.7 Å². The predicted molar refractivity (Wildman–Crippen MR) is 95.1 cm³/mol. The summed E-state index contributed by atoms with van der Waals surface area (Å²) in [5.74, 6) is 2.40. The lowest BCUT2D eigenvalue weighted by Crippen LogP contribution is -2.31. The van der Waals surface area contributed by atoms with Crippen LogP contribution in [-0.4, -0.2) is 19.3 Å². The highest BCUT2D eigenvalue weighted by Crippen LogP contribution is 2.34. The van der Waals surface area contributed by atoms with Crippen molar-refractivity contribution in [3.8, 4) is 17.2 Å². The van der Waals surface area contributed by atoms with Crippen LogP contribution in [0.15, 0.2) is 42.5 Å². The summed E-state index contributed by atoms with van der Waals surface area (Å²) < 4.78 is 16.3. The van der Waals surface area contributed by atoms with Crippen molar-refractivity contribution in [1.29, 1.82) is 0 Å². The van der Waals surface area contributed by atoms with Crippen molar-refractivity contribution in [3.63, 3.8) is 0 Å². The lowest BCUT2D eigenvalue weighted by Gasteiger charge is -2.15.